The smallest absolute Gasteiger partial charge is 0.195 e. The van der Waals surface area contributed by atoms with E-state index in [2.05, 4.69) is 10.2 Å². The minimum Gasteiger partial charge on any atom is -0.392 e. The molecule has 7 heteroatoms. The predicted octanol–water partition coefficient (Wildman–Crippen LogP) is 1.73. The van der Waals surface area contributed by atoms with Crippen LogP contribution in [0.25, 0.3) is 5.69 Å². The lowest BCUT2D eigenvalue weighted by atomic mass is 10.3. The summed E-state index contributed by atoms with van der Waals surface area (Å²) in [7, 11) is 0. The van der Waals surface area contributed by atoms with Gasteiger partial charge in [-0.15, -0.1) is 10.2 Å². The maximum atomic E-state index is 13.0. The molecule has 108 valence electrons. The maximum absolute atomic E-state index is 13.0. The number of hydrogen-bond donors (Lipinski definition) is 2. The number of thioether (sulfide) groups is 1. The molecule has 3 N–H and O–H groups in total. The van der Waals surface area contributed by atoms with Crippen molar-refractivity contribution in [1.29, 1.82) is 0 Å². The van der Waals surface area contributed by atoms with Crippen LogP contribution >= 0.6 is 11.8 Å². The van der Waals surface area contributed by atoms with Crippen LogP contribution in [-0.2, 0) is 6.54 Å². The van der Waals surface area contributed by atoms with E-state index in [-0.39, 0.29) is 18.5 Å². The summed E-state index contributed by atoms with van der Waals surface area (Å²) in [5.41, 5.74) is 6.41. The number of nitrogens with two attached hydrogens (primary N) is 1. The Morgan fingerprint density at radius 2 is 2.05 bits per heavy atom. The molecule has 0 bridgehead atoms. The molecule has 0 fully saturated rings. The van der Waals surface area contributed by atoms with Gasteiger partial charge in [0.15, 0.2) is 11.0 Å². The average molecular weight is 296 g/mol. The van der Waals surface area contributed by atoms with Crippen molar-refractivity contribution >= 4 is 11.8 Å². The van der Waals surface area contributed by atoms with Gasteiger partial charge in [-0.3, -0.25) is 4.57 Å². The number of hydrogen-bond acceptors (Lipinski definition) is 5. The molecule has 0 saturated heterocycles. The van der Waals surface area contributed by atoms with Crippen LogP contribution in [-0.4, -0.2) is 31.7 Å². The molecule has 0 aliphatic rings. The molecule has 2 aromatic rings. The third-order valence-electron chi connectivity index (χ3n) is 2.84. The van der Waals surface area contributed by atoms with Gasteiger partial charge in [-0.05, 0) is 30.7 Å². The number of aliphatic hydroxyl groups excluding tert-OH is 1. The third kappa shape index (κ3) is 3.36. The van der Waals surface area contributed by atoms with Gasteiger partial charge in [0.2, 0.25) is 0 Å². The zero-order chi connectivity index (χ0) is 14.5. The first kappa shape index (κ1) is 15.0. The van der Waals surface area contributed by atoms with Gasteiger partial charge < -0.3 is 10.8 Å². The van der Waals surface area contributed by atoms with Crippen LogP contribution in [0.15, 0.2) is 29.4 Å². The average Bonchev–Trinajstić information content (AvgIpc) is 2.88. The highest BCUT2D eigenvalue weighted by atomic mass is 32.2. The fraction of sp³-hybridized carbons (Fsp3) is 0.385. The molecular weight excluding hydrogens is 279 g/mol. The highest BCUT2D eigenvalue weighted by Crippen LogP contribution is 2.23. The summed E-state index contributed by atoms with van der Waals surface area (Å²) in [5, 5.41) is 18.4. The fourth-order valence-corrected chi connectivity index (χ4v) is 2.68. The standard InChI is InChI=1S/C13H17FN4OS/c1-2-11(19)8-20-13-17-16-12(7-15)18(13)10-5-3-9(14)4-6-10/h3-6,11,19H,2,7-8,15H2,1H3. The van der Waals surface area contributed by atoms with Crippen LogP contribution in [0.5, 0.6) is 0 Å². The summed E-state index contributed by atoms with van der Waals surface area (Å²) in [4.78, 5) is 0. The van der Waals surface area contributed by atoms with Crippen LogP contribution in [0.1, 0.15) is 19.2 Å². The second kappa shape index (κ2) is 6.83. The molecule has 0 saturated carbocycles. The molecule has 0 aliphatic carbocycles. The molecule has 1 unspecified atom stereocenters. The van der Waals surface area contributed by atoms with E-state index in [1.807, 2.05) is 6.92 Å². The number of rotatable bonds is 6. The van der Waals surface area contributed by atoms with Crippen molar-refractivity contribution in [1.82, 2.24) is 14.8 Å². The van der Waals surface area contributed by atoms with Gasteiger partial charge >= 0.3 is 0 Å². The molecule has 1 atom stereocenters. The topological polar surface area (TPSA) is 77.0 Å². The molecule has 1 aromatic heterocycles. The molecular formula is C13H17FN4OS. The first-order valence-corrected chi connectivity index (χ1v) is 7.35. The van der Waals surface area contributed by atoms with Crippen LogP contribution in [0, 0.1) is 5.82 Å². The first-order chi connectivity index (χ1) is 9.65. The normalized spacial score (nSPS) is 12.6. The van der Waals surface area contributed by atoms with E-state index in [1.165, 1.54) is 23.9 Å². The van der Waals surface area contributed by atoms with Crippen LogP contribution < -0.4 is 5.73 Å². The van der Waals surface area contributed by atoms with Crippen molar-refractivity contribution in [3.63, 3.8) is 0 Å². The van der Waals surface area contributed by atoms with Gasteiger partial charge in [-0.25, -0.2) is 4.39 Å². The molecule has 1 aromatic carbocycles. The number of aliphatic hydroxyl groups is 1. The fourth-order valence-electron chi connectivity index (χ4n) is 1.66. The quantitative estimate of drug-likeness (QED) is 0.794. The Labute approximate surface area is 121 Å². The first-order valence-electron chi connectivity index (χ1n) is 6.36. The Balaban J connectivity index is 2.29. The van der Waals surface area contributed by atoms with Crippen LogP contribution in [0.3, 0.4) is 0 Å². The van der Waals surface area contributed by atoms with Crippen LogP contribution in [0.4, 0.5) is 4.39 Å². The number of benzene rings is 1. The molecule has 0 spiro atoms. The minimum absolute atomic E-state index is 0.237. The van der Waals surface area contributed by atoms with E-state index >= 15 is 0 Å². The lowest BCUT2D eigenvalue weighted by Crippen LogP contribution is -2.10. The van der Waals surface area contributed by atoms with E-state index in [4.69, 9.17) is 5.73 Å². The zero-order valence-electron chi connectivity index (χ0n) is 11.2. The summed E-state index contributed by atoms with van der Waals surface area (Å²) < 4.78 is 14.8. The summed E-state index contributed by atoms with van der Waals surface area (Å²) in [5.74, 6) is 0.831. The molecule has 20 heavy (non-hydrogen) atoms. The largest absolute Gasteiger partial charge is 0.392 e. The van der Waals surface area contributed by atoms with E-state index in [1.54, 1.807) is 16.7 Å². The summed E-state index contributed by atoms with van der Waals surface area (Å²) in [6, 6.07) is 6.06. The van der Waals surface area contributed by atoms with E-state index in [0.29, 0.717) is 23.2 Å². The summed E-state index contributed by atoms with van der Waals surface area (Å²) in [6.07, 6.45) is 0.293. The molecule has 0 aliphatic heterocycles. The Morgan fingerprint density at radius 1 is 1.35 bits per heavy atom. The second-order valence-electron chi connectivity index (χ2n) is 4.29. The van der Waals surface area contributed by atoms with Gasteiger partial charge in [-0.1, -0.05) is 18.7 Å². The Kier molecular flexibility index (Phi) is 5.11. The summed E-state index contributed by atoms with van der Waals surface area (Å²) in [6.45, 7) is 2.16. The lowest BCUT2D eigenvalue weighted by molar-refractivity contribution is 0.195. The molecule has 2 rings (SSSR count). The molecule has 0 amide bonds. The number of halogens is 1. The molecule has 1 heterocycles. The zero-order valence-corrected chi connectivity index (χ0v) is 12.0. The Morgan fingerprint density at radius 3 is 2.65 bits per heavy atom. The third-order valence-corrected chi connectivity index (χ3v) is 3.92. The van der Waals surface area contributed by atoms with Crippen molar-refractivity contribution in [3.05, 3.63) is 35.9 Å². The second-order valence-corrected chi connectivity index (χ2v) is 5.27. The van der Waals surface area contributed by atoms with Crippen LogP contribution in [0.2, 0.25) is 0 Å². The minimum atomic E-state index is -0.389. The van der Waals surface area contributed by atoms with Crippen molar-refractivity contribution < 1.29 is 9.50 Å². The van der Waals surface area contributed by atoms with Crippen molar-refractivity contribution in [3.8, 4) is 5.69 Å². The van der Waals surface area contributed by atoms with Gasteiger partial charge in [0, 0.05) is 11.4 Å². The SMILES string of the molecule is CCC(O)CSc1nnc(CN)n1-c1ccc(F)cc1. The number of aromatic nitrogens is 3. The lowest BCUT2D eigenvalue weighted by Gasteiger charge is -2.10. The van der Waals surface area contributed by atoms with E-state index in [0.717, 1.165) is 5.69 Å². The van der Waals surface area contributed by atoms with Crippen molar-refractivity contribution in [2.24, 2.45) is 5.73 Å². The van der Waals surface area contributed by atoms with Gasteiger partial charge in [0.05, 0.1) is 12.6 Å². The molecule has 5 nitrogen and oxygen atoms in total. The van der Waals surface area contributed by atoms with Crippen molar-refractivity contribution in [2.75, 3.05) is 5.75 Å². The molecule has 0 radical (unpaired) electrons. The number of nitrogens with zero attached hydrogens (tertiary/aromatic N) is 3. The monoisotopic (exact) mass is 296 g/mol. The maximum Gasteiger partial charge on any atom is 0.195 e. The van der Waals surface area contributed by atoms with Gasteiger partial charge in [-0.2, -0.15) is 0 Å². The van der Waals surface area contributed by atoms with E-state index in [9.17, 15) is 9.50 Å². The van der Waals surface area contributed by atoms with Gasteiger partial charge in [0.1, 0.15) is 5.82 Å². The predicted molar refractivity (Wildman–Crippen MR) is 76.2 cm³/mol. The van der Waals surface area contributed by atoms with Crippen molar-refractivity contribution in [2.45, 2.75) is 31.1 Å². The summed E-state index contributed by atoms with van der Waals surface area (Å²) >= 11 is 1.41. The van der Waals surface area contributed by atoms with Gasteiger partial charge in [0.25, 0.3) is 0 Å². The van der Waals surface area contributed by atoms with E-state index < -0.39 is 0 Å². The highest BCUT2D eigenvalue weighted by molar-refractivity contribution is 7.99. The Hall–Kier alpha value is -1.44. The highest BCUT2D eigenvalue weighted by Gasteiger charge is 2.14. The Bertz CT molecular complexity index is 558.